The Kier molecular flexibility index (Phi) is 5.03. The van der Waals surface area contributed by atoms with Gasteiger partial charge in [0.05, 0.1) is 30.5 Å². The number of carbonyl (C=O) groups is 3. The van der Waals surface area contributed by atoms with Gasteiger partial charge in [-0.15, -0.1) is 0 Å². The number of amides is 3. The lowest BCUT2D eigenvalue weighted by Crippen LogP contribution is -2.51. The number of hydrogen-bond acceptors (Lipinski definition) is 5. The first kappa shape index (κ1) is 21.1. The van der Waals surface area contributed by atoms with Crippen LogP contribution in [-0.2, 0) is 19.1 Å². The van der Waals surface area contributed by atoms with Crippen LogP contribution >= 0.6 is 0 Å². The minimum Gasteiger partial charge on any atom is -0.376 e. The quantitative estimate of drug-likeness (QED) is 0.714. The van der Waals surface area contributed by atoms with Crippen LogP contribution in [0, 0.1) is 11.8 Å². The fourth-order valence-corrected chi connectivity index (χ4v) is 6.07. The molecule has 4 heterocycles. The second kappa shape index (κ2) is 8.09. The molecule has 0 aromatic heterocycles. The highest BCUT2D eigenvalue weighted by molar-refractivity contribution is 6.12. The number of carbonyl (C=O) groups excluding carboxylic acids is 3. The molecule has 3 fully saturated rings. The average molecular weight is 458 g/mol. The Morgan fingerprint density at radius 3 is 2.53 bits per heavy atom. The molecule has 7 nitrogen and oxygen atoms in total. The number of nitrogens with zero attached hydrogens (tertiary/aromatic N) is 2. The van der Waals surface area contributed by atoms with Crippen molar-refractivity contribution in [3.8, 4) is 0 Å². The summed E-state index contributed by atoms with van der Waals surface area (Å²) < 4.78 is 5.71. The fourth-order valence-electron chi connectivity index (χ4n) is 6.07. The van der Waals surface area contributed by atoms with E-state index in [4.69, 9.17) is 4.74 Å². The largest absolute Gasteiger partial charge is 0.376 e. The highest BCUT2D eigenvalue weighted by Crippen LogP contribution is 2.50. The fraction of sp³-hybridized carbons (Fsp3) is 0.370. The molecule has 0 radical (unpaired) electrons. The molecule has 0 spiro atoms. The number of rotatable bonds is 4. The van der Waals surface area contributed by atoms with Gasteiger partial charge in [0.15, 0.2) is 0 Å². The van der Waals surface area contributed by atoms with E-state index in [1.165, 1.54) is 4.90 Å². The lowest BCUT2D eigenvalue weighted by molar-refractivity contribution is -0.142. The molecule has 4 aliphatic heterocycles. The molecule has 6 rings (SSSR count). The number of fused-ring (bicyclic) bond motifs is 5. The molecule has 0 unspecified atom stereocenters. The van der Waals surface area contributed by atoms with E-state index >= 15 is 0 Å². The van der Waals surface area contributed by atoms with E-state index in [0.717, 1.165) is 29.7 Å². The van der Waals surface area contributed by atoms with Crippen LogP contribution in [0.1, 0.15) is 25.3 Å². The molecule has 7 heteroatoms. The zero-order valence-electron chi connectivity index (χ0n) is 19.0. The Morgan fingerprint density at radius 2 is 1.76 bits per heavy atom. The number of likely N-dealkylation sites (tertiary alicyclic amines) is 1. The number of imide groups is 1. The molecule has 3 amide bonds. The van der Waals surface area contributed by atoms with Crippen molar-refractivity contribution in [3.05, 3.63) is 66.2 Å². The summed E-state index contributed by atoms with van der Waals surface area (Å²) in [6.45, 7) is 2.95. The van der Waals surface area contributed by atoms with Crippen molar-refractivity contribution in [1.82, 2.24) is 4.90 Å². The summed E-state index contributed by atoms with van der Waals surface area (Å²) >= 11 is 0. The Hall–Kier alpha value is -3.45. The predicted molar refractivity (Wildman–Crippen MR) is 128 cm³/mol. The average Bonchev–Trinajstić information content (AvgIpc) is 3.53. The summed E-state index contributed by atoms with van der Waals surface area (Å²) in [6, 6.07) is 16.0. The Balaban J connectivity index is 1.41. The second-order valence-electron chi connectivity index (χ2n) is 9.54. The van der Waals surface area contributed by atoms with Gasteiger partial charge in [-0.1, -0.05) is 42.5 Å². The third-order valence-corrected chi connectivity index (χ3v) is 7.57. The van der Waals surface area contributed by atoms with E-state index in [-0.39, 0.29) is 36.4 Å². The van der Waals surface area contributed by atoms with Crippen molar-refractivity contribution in [2.75, 3.05) is 23.4 Å². The van der Waals surface area contributed by atoms with Gasteiger partial charge < -0.3 is 15.0 Å². The molecule has 4 aliphatic rings. The SMILES string of the molecule is CC1=C[C@@H]2[C@H]3C(=O)N(C[C@@H]4CCCO4)C(=O)[C@H]3[C@@H](C(=O)Nc3ccccc3)N2c2ccccc21. The van der Waals surface area contributed by atoms with Gasteiger partial charge in [-0.2, -0.15) is 0 Å². The monoisotopic (exact) mass is 457 g/mol. The van der Waals surface area contributed by atoms with Gasteiger partial charge in [-0.3, -0.25) is 19.3 Å². The summed E-state index contributed by atoms with van der Waals surface area (Å²) in [6.07, 6.45) is 3.71. The van der Waals surface area contributed by atoms with Crippen LogP contribution < -0.4 is 10.2 Å². The molecular formula is C27H27N3O4. The zero-order valence-corrected chi connectivity index (χ0v) is 19.0. The third-order valence-electron chi connectivity index (χ3n) is 7.57. The van der Waals surface area contributed by atoms with Crippen LogP contribution in [-0.4, -0.2) is 54.0 Å². The molecule has 174 valence electrons. The Morgan fingerprint density at radius 1 is 1.03 bits per heavy atom. The summed E-state index contributed by atoms with van der Waals surface area (Å²) in [4.78, 5) is 44.4. The minimum absolute atomic E-state index is 0.121. The molecule has 5 atom stereocenters. The zero-order chi connectivity index (χ0) is 23.4. The molecule has 34 heavy (non-hydrogen) atoms. The van der Waals surface area contributed by atoms with E-state index in [0.29, 0.717) is 12.3 Å². The van der Waals surface area contributed by atoms with E-state index in [1.54, 1.807) is 0 Å². The van der Waals surface area contributed by atoms with Crippen molar-refractivity contribution >= 4 is 34.7 Å². The third kappa shape index (κ3) is 3.18. The van der Waals surface area contributed by atoms with Crippen molar-refractivity contribution in [2.24, 2.45) is 11.8 Å². The summed E-state index contributed by atoms with van der Waals surface area (Å²) in [5, 5.41) is 2.99. The van der Waals surface area contributed by atoms with E-state index < -0.39 is 17.9 Å². The lowest BCUT2D eigenvalue weighted by Gasteiger charge is -2.38. The Bertz CT molecular complexity index is 1190. The minimum atomic E-state index is -0.786. The van der Waals surface area contributed by atoms with Gasteiger partial charge in [0, 0.05) is 23.5 Å². The smallest absolute Gasteiger partial charge is 0.247 e. The van der Waals surface area contributed by atoms with Crippen LogP contribution in [0.4, 0.5) is 11.4 Å². The van der Waals surface area contributed by atoms with Crippen LogP contribution in [0.15, 0.2) is 60.7 Å². The molecule has 0 bridgehead atoms. The molecule has 0 saturated carbocycles. The van der Waals surface area contributed by atoms with Gasteiger partial charge in [0.25, 0.3) is 0 Å². The topological polar surface area (TPSA) is 78.9 Å². The summed E-state index contributed by atoms with van der Waals surface area (Å²) in [5.41, 5.74) is 3.63. The summed E-state index contributed by atoms with van der Waals surface area (Å²) in [5.74, 6) is -2.07. The van der Waals surface area contributed by atoms with Gasteiger partial charge in [-0.25, -0.2) is 0 Å². The number of para-hydroxylation sites is 2. The van der Waals surface area contributed by atoms with Gasteiger partial charge in [0.1, 0.15) is 6.04 Å². The van der Waals surface area contributed by atoms with Crippen molar-refractivity contribution < 1.29 is 19.1 Å². The maximum atomic E-state index is 13.7. The first-order valence-corrected chi connectivity index (χ1v) is 11.9. The maximum absolute atomic E-state index is 13.7. The van der Waals surface area contributed by atoms with E-state index in [2.05, 4.69) is 11.4 Å². The maximum Gasteiger partial charge on any atom is 0.247 e. The van der Waals surface area contributed by atoms with Gasteiger partial charge in [0.2, 0.25) is 17.7 Å². The van der Waals surface area contributed by atoms with Crippen molar-refractivity contribution in [3.63, 3.8) is 0 Å². The molecule has 1 N–H and O–H groups in total. The normalized spacial score (nSPS) is 29.6. The van der Waals surface area contributed by atoms with Gasteiger partial charge >= 0.3 is 0 Å². The van der Waals surface area contributed by atoms with E-state index in [1.807, 2.05) is 66.4 Å². The molecule has 0 aliphatic carbocycles. The molecule has 3 saturated heterocycles. The number of ether oxygens (including phenoxy) is 1. The van der Waals surface area contributed by atoms with Crippen LogP contribution in [0.3, 0.4) is 0 Å². The second-order valence-corrected chi connectivity index (χ2v) is 9.54. The number of anilines is 2. The Labute approximate surface area is 198 Å². The van der Waals surface area contributed by atoms with E-state index in [9.17, 15) is 14.4 Å². The van der Waals surface area contributed by atoms with Crippen molar-refractivity contribution in [1.29, 1.82) is 0 Å². The number of nitrogens with one attached hydrogen (secondary N) is 1. The van der Waals surface area contributed by atoms with Crippen LogP contribution in [0.2, 0.25) is 0 Å². The first-order valence-electron chi connectivity index (χ1n) is 11.9. The predicted octanol–water partition coefficient (Wildman–Crippen LogP) is 3.08. The van der Waals surface area contributed by atoms with Gasteiger partial charge in [-0.05, 0) is 43.5 Å². The standard InChI is InChI=1S/C27H27N3O4/c1-16-14-21-22-23(27(33)29(26(22)32)15-18-10-7-13-34-18)24(25(31)28-17-8-3-2-4-9-17)30(21)20-12-6-5-11-19(16)20/h2-6,8-9,11-12,14,18,21-24H,7,10,13,15H2,1H3,(H,28,31)/t18-,21+,22+,23+,24-/m0/s1. The van der Waals surface area contributed by atoms with Crippen LogP contribution in [0.25, 0.3) is 5.57 Å². The highest BCUT2D eigenvalue weighted by atomic mass is 16.5. The first-order chi connectivity index (χ1) is 16.5. The summed E-state index contributed by atoms with van der Waals surface area (Å²) in [7, 11) is 0. The van der Waals surface area contributed by atoms with Crippen LogP contribution in [0.5, 0.6) is 0 Å². The number of hydrogen-bond donors (Lipinski definition) is 1. The number of allylic oxidation sites excluding steroid dienone is 1. The molecule has 2 aromatic rings. The highest BCUT2D eigenvalue weighted by Gasteiger charge is 2.64. The van der Waals surface area contributed by atoms with Crippen molar-refractivity contribution in [2.45, 2.75) is 38.0 Å². The molecular weight excluding hydrogens is 430 g/mol. The molecule has 2 aromatic carbocycles. The lowest BCUT2D eigenvalue weighted by atomic mass is 9.87. The number of benzene rings is 2.